The summed E-state index contributed by atoms with van der Waals surface area (Å²) in [5.41, 5.74) is 10.3. The highest BCUT2D eigenvalue weighted by atomic mass is 32.2. The summed E-state index contributed by atoms with van der Waals surface area (Å²) < 4.78 is 1.12. The number of allylic oxidation sites excluding steroid dienone is 8. The molecule has 0 saturated heterocycles. The van der Waals surface area contributed by atoms with E-state index in [1.807, 2.05) is 19.2 Å². The highest BCUT2D eigenvalue weighted by Crippen LogP contribution is 2.46. The highest BCUT2D eigenvalue weighted by molar-refractivity contribution is 8.54. The minimum absolute atomic E-state index is 0.221. The third kappa shape index (κ3) is 9.49. The van der Waals surface area contributed by atoms with Crippen molar-refractivity contribution in [1.82, 2.24) is 0 Å². The topological polar surface area (TPSA) is 65.0 Å². The predicted molar refractivity (Wildman–Crippen MR) is 266 cm³/mol. The van der Waals surface area contributed by atoms with Crippen LogP contribution in [0.1, 0.15) is 76.1 Å². The van der Waals surface area contributed by atoms with Crippen molar-refractivity contribution in [3.05, 3.63) is 177 Å². The van der Waals surface area contributed by atoms with Gasteiger partial charge < -0.3 is 4.90 Å². The van der Waals surface area contributed by atoms with Gasteiger partial charge in [-0.3, -0.25) is 10.4 Å². The first-order valence-electron chi connectivity index (χ1n) is 20.2. The summed E-state index contributed by atoms with van der Waals surface area (Å²) in [7, 11) is 4.07. The first-order chi connectivity index (χ1) is 28.3. The van der Waals surface area contributed by atoms with Gasteiger partial charge in [-0.2, -0.15) is 0 Å². The van der Waals surface area contributed by atoms with Gasteiger partial charge in [-0.1, -0.05) is 162 Å². The predicted octanol–water partition coefficient (Wildman–Crippen LogP) is 11.3. The Kier molecular flexibility index (Phi) is 14.1. The molecule has 0 atom stereocenters. The van der Waals surface area contributed by atoms with Gasteiger partial charge in [0.1, 0.15) is 4.38 Å². The molecule has 0 bridgehead atoms. The average molecular weight is 834 g/mol. The van der Waals surface area contributed by atoms with Gasteiger partial charge in [0.2, 0.25) is 0 Å². The van der Waals surface area contributed by atoms with Crippen molar-refractivity contribution in [2.45, 2.75) is 70.5 Å². The number of rotatable bonds is 10. The molecule has 0 unspecified atom stereocenters. The maximum Gasteiger partial charge on any atom is 0.278 e. The van der Waals surface area contributed by atoms with Crippen molar-refractivity contribution in [2.75, 3.05) is 19.0 Å². The molecule has 4 nitrogen and oxygen atoms in total. The van der Waals surface area contributed by atoms with Crippen LogP contribution in [-0.4, -0.2) is 28.6 Å². The summed E-state index contributed by atoms with van der Waals surface area (Å²) in [5.74, 6) is 0.707. The molecule has 6 rings (SSSR count). The monoisotopic (exact) mass is 833 g/mol. The van der Waals surface area contributed by atoms with Crippen LogP contribution in [0.5, 0.6) is 0 Å². The molecule has 1 heterocycles. The molecule has 0 saturated carbocycles. The van der Waals surface area contributed by atoms with Gasteiger partial charge >= 0.3 is 0 Å². The molecule has 59 heavy (non-hydrogen) atoms. The second-order valence-corrected chi connectivity index (χ2v) is 19.5. The average Bonchev–Trinajstić information content (AvgIpc) is 3.42. The molecule has 302 valence electrons. The normalized spacial score (nSPS) is 17.7. The number of nitrogens with two attached hydrogens (primary N) is 1. The molecular weight excluding hydrogens is 777 g/mol. The summed E-state index contributed by atoms with van der Waals surface area (Å²) in [6.07, 6.45) is 20.0. The van der Waals surface area contributed by atoms with Gasteiger partial charge in [0.05, 0.1) is 0 Å². The Bertz CT molecular complexity index is 2580. The van der Waals surface area contributed by atoms with E-state index in [-0.39, 0.29) is 10.8 Å². The van der Waals surface area contributed by atoms with E-state index in [0.717, 1.165) is 35.4 Å². The molecule has 0 fully saturated rings. The van der Waals surface area contributed by atoms with Crippen LogP contribution in [0.15, 0.2) is 149 Å². The third-order valence-electron chi connectivity index (χ3n) is 11.5. The number of hydrogen-bond donors (Lipinski definition) is 2. The number of nitrogens with zero attached hydrogens (tertiary/aromatic N) is 2. The number of nitrogens with one attached hydrogen (secondary N) is 1. The summed E-state index contributed by atoms with van der Waals surface area (Å²) in [4.78, 5) is 8.38. The van der Waals surface area contributed by atoms with Crippen LogP contribution < -0.4 is 20.7 Å². The molecule has 0 aromatic heterocycles. The van der Waals surface area contributed by atoms with Gasteiger partial charge in [-0.05, 0) is 111 Å². The smallest absolute Gasteiger partial charge is 0.278 e. The Hall–Kier alpha value is -4.82. The van der Waals surface area contributed by atoms with E-state index in [0.29, 0.717) is 14.5 Å². The van der Waals surface area contributed by atoms with Crippen molar-refractivity contribution in [3.63, 3.8) is 0 Å². The summed E-state index contributed by atoms with van der Waals surface area (Å²) in [6.45, 7) is 19.1. The van der Waals surface area contributed by atoms with Crippen LogP contribution in [0.3, 0.4) is 0 Å². The van der Waals surface area contributed by atoms with E-state index in [4.69, 9.17) is 15.8 Å². The van der Waals surface area contributed by atoms with Gasteiger partial charge in [-0.15, -0.1) is 0 Å². The first-order valence-corrected chi connectivity index (χ1v) is 22.8. The lowest BCUT2D eigenvalue weighted by molar-refractivity contribution is -0.103. The fourth-order valence-electron chi connectivity index (χ4n) is 8.46. The van der Waals surface area contributed by atoms with Crippen molar-refractivity contribution >= 4 is 84.4 Å². The van der Waals surface area contributed by atoms with E-state index in [1.165, 1.54) is 84.0 Å². The van der Waals surface area contributed by atoms with Gasteiger partial charge in [0.15, 0.2) is 0 Å². The zero-order valence-electron chi connectivity index (χ0n) is 35.6. The number of anilines is 1. The molecule has 2 aliphatic rings. The van der Waals surface area contributed by atoms with Crippen LogP contribution in [0.25, 0.3) is 29.0 Å². The summed E-state index contributed by atoms with van der Waals surface area (Å²) >= 11 is 4.44. The Morgan fingerprint density at radius 2 is 1.71 bits per heavy atom. The van der Waals surface area contributed by atoms with Crippen molar-refractivity contribution in [2.24, 2.45) is 4.99 Å². The fraction of sp³-hybridized carbons (Fsp3) is 0.250. The lowest BCUT2D eigenvalue weighted by atomic mass is 9.77. The zero-order chi connectivity index (χ0) is 42.3. The van der Waals surface area contributed by atoms with Crippen LogP contribution >= 0.6 is 35.3 Å². The Labute approximate surface area is 364 Å². The maximum atomic E-state index is 8.84. The molecule has 3 N–H and O–H groups in total. The van der Waals surface area contributed by atoms with Crippen molar-refractivity contribution in [3.8, 4) is 0 Å². The molecular formula is C52H57N4S3+. The minimum Gasteiger partial charge on any atom is -0.347 e. The fourth-order valence-corrected chi connectivity index (χ4v) is 11.4. The highest BCUT2D eigenvalue weighted by Gasteiger charge is 2.39. The maximum absolute atomic E-state index is 8.84. The van der Waals surface area contributed by atoms with Gasteiger partial charge in [-0.25, -0.2) is 5.41 Å². The van der Waals surface area contributed by atoms with Crippen LogP contribution in [0.4, 0.5) is 5.69 Å². The zero-order valence-corrected chi connectivity index (χ0v) is 38.0. The summed E-state index contributed by atoms with van der Waals surface area (Å²) in [5, 5.41) is 20.6. The minimum atomic E-state index is -0.331. The Balaban J connectivity index is 1.36. The Morgan fingerprint density at radius 1 is 0.966 bits per heavy atom. The quantitative estimate of drug-likeness (QED) is 0.123. The molecule has 0 amide bonds. The molecule has 7 heteroatoms. The van der Waals surface area contributed by atoms with E-state index in [9.17, 15) is 0 Å². The molecule has 0 radical (unpaired) electrons. The lowest BCUT2D eigenvalue weighted by Gasteiger charge is -2.28. The molecule has 0 spiro atoms. The van der Waals surface area contributed by atoms with E-state index in [1.54, 1.807) is 11.8 Å². The van der Waals surface area contributed by atoms with Gasteiger partial charge in [0, 0.05) is 64.4 Å². The number of thioether (sulfide) groups is 3. The van der Waals surface area contributed by atoms with Crippen LogP contribution in [-0.2, 0) is 16.6 Å². The second kappa shape index (κ2) is 19.1. The number of aliphatic imine (C=N–C) groups is 1. The standard InChI is InChI=1S/C52H56N4S3/c1-10-17-37-28-31-44-47(41(37)12-3)52(6,7)46(56(44)9)33-30-40-21-15-20-39(48(40)58-50(54)59-49(53)57-34-36-26-24-35(11-2)25-27-36)29-32-45(55-8)51(4,5)43-23-16-19-38-18-13-14-22-42(38)43/h10-14,16-19,22-33,53-54H,1-2,15,20-21,34H2,3-9H3/p+1/b32-29+,37-17-,40-30+,41-12+,46-33+,53-49?,54-50?,55-45?. The molecule has 4 aromatic carbocycles. The Morgan fingerprint density at radius 3 is 2.42 bits per heavy atom. The molecule has 1 aliphatic carbocycles. The van der Waals surface area contributed by atoms with Crippen LogP contribution in [0, 0.1) is 5.41 Å². The number of fused-ring (bicyclic) bond motifs is 2. The van der Waals surface area contributed by atoms with Gasteiger partial charge in [0.25, 0.3) is 4.38 Å². The lowest BCUT2D eigenvalue weighted by Crippen LogP contribution is -2.36. The molecule has 4 aromatic rings. The van der Waals surface area contributed by atoms with E-state index < -0.39 is 0 Å². The SMILES string of the molecule is C=C/C=c1/ccc2c(/c1=C/C)C(C)(C)/C(=C\C=C1/CCCC(/C=C/C(=NC)C(C)(C)c3cccc4ccccc34)=C1SC(=[NH2+])SC(=N)SCc1ccc(C=C)cc1)N2C. The number of benzene rings is 4. The molecule has 1 aliphatic heterocycles. The number of likely N-dealkylation sites (N-methyl/N-ethyl adjacent to an activating group) is 1. The second-order valence-electron chi connectivity index (χ2n) is 15.9. The third-order valence-corrected chi connectivity index (χ3v) is 14.7. The first kappa shape index (κ1) is 43.8. The van der Waals surface area contributed by atoms with Crippen molar-refractivity contribution in [1.29, 1.82) is 5.41 Å². The number of hydrogen-bond acceptors (Lipinski definition) is 6. The summed E-state index contributed by atoms with van der Waals surface area (Å²) in [6, 6.07) is 27.9. The van der Waals surface area contributed by atoms with E-state index >= 15 is 0 Å². The van der Waals surface area contributed by atoms with Crippen molar-refractivity contribution < 1.29 is 5.41 Å². The largest absolute Gasteiger partial charge is 0.347 e. The van der Waals surface area contributed by atoms with E-state index in [2.05, 4.69) is 175 Å². The van der Waals surface area contributed by atoms with Crippen LogP contribution in [0.2, 0.25) is 0 Å².